The molecule has 4 unspecified atom stereocenters. The van der Waals surface area contributed by atoms with Gasteiger partial charge >= 0.3 is 5.97 Å². The molecule has 5 atom stereocenters. The predicted molar refractivity (Wildman–Crippen MR) is 121 cm³/mol. The van der Waals surface area contributed by atoms with Gasteiger partial charge in [0, 0.05) is 30.3 Å². The van der Waals surface area contributed by atoms with Crippen LogP contribution < -0.4 is 5.32 Å². The summed E-state index contributed by atoms with van der Waals surface area (Å²) in [6.07, 6.45) is 5.84. The topological polar surface area (TPSA) is 58.6 Å². The third-order valence-corrected chi connectivity index (χ3v) is 7.99. The van der Waals surface area contributed by atoms with E-state index in [2.05, 4.69) is 30.4 Å². The van der Waals surface area contributed by atoms with Crippen LogP contribution in [0.2, 0.25) is 0 Å². The molecule has 0 amide bonds. The number of esters is 1. The van der Waals surface area contributed by atoms with Crippen LogP contribution in [-0.4, -0.2) is 29.8 Å². The first kappa shape index (κ1) is 20.7. The maximum absolute atomic E-state index is 13.7. The van der Waals surface area contributed by atoms with Crippen molar-refractivity contribution in [1.29, 1.82) is 0 Å². The van der Waals surface area contributed by atoms with E-state index in [0.717, 1.165) is 56.2 Å². The standard InChI is InChI=1S/C27H33NO3/c1-18(19-9-3-2-4-10-19)22-13-7-8-14-23(22)27(30,21-11-5-6-12-21)26(29)31-25-20-15-16-24(25)28-17-20/h2-4,7-10,13-14,18,20-21,24-25,28,30H,5-6,11-12,15-17H2,1H3/t18-,20?,24?,25?,27?/m0/s1. The van der Waals surface area contributed by atoms with Crippen molar-refractivity contribution in [3.8, 4) is 0 Å². The Labute approximate surface area is 185 Å². The van der Waals surface area contributed by atoms with E-state index >= 15 is 0 Å². The van der Waals surface area contributed by atoms with Gasteiger partial charge in [-0.05, 0) is 42.4 Å². The number of aliphatic hydroxyl groups is 1. The van der Waals surface area contributed by atoms with Crippen molar-refractivity contribution in [3.63, 3.8) is 0 Å². The molecule has 2 aromatic carbocycles. The van der Waals surface area contributed by atoms with Gasteiger partial charge in [-0.2, -0.15) is 0 Å². The quantitative estimate of drug-likeness (QED) is 0.677. The molecule has 3 aliphatic rings. The van der Waals surface area contributed by atoms with E-state index in [9.17, 15) is 9.90 Å². The van der Waals surface area contributed by atoms with Gasteiger partial charge in [-0.25, -0.2) is 4.79 Å². The minimum atomic E-state index is -1.60. The minimum absolute atomic E-state index is 0.0717. The summed E-state index contributed by atoms with van der Waals surface area (Å²) in [4.78, 5) is 13.7. The van der Waals surface area contributed by atoms with E-state index in [1.807, 2.05) is 36.4 Å². The van der Waals surface area contributed by atoms with Crippen molar-refractivity contribution >= 4 is 5.97 Å². The summed E-state index contributed by atoms with van der Waals surface area (Å²) in [6, 6.07) is 18.5. The Kier molecular flexibility index (Phi) is 5.61. The van der Waals surface area contributed by atoms with Crippen molar-refractivity contribution in [3.05, 3.63) is 71.3 Å². The van der Waals surface area contributed by atoms with E-state index in [1.54, 1.807) is 0 Å². The third-order valence-electron chi connectivity index (χ3n) is 7.99. The number of carbonyl (C=O) groups is 1. The molecule has 1 heterocycles. The highest BCUT2D eigenvalue weighted by Crippen LogP contribution is 2.46. The Morgan fingerprint density at radius 1 is 1.03 bits per heavy atom. The monoisotopic (exact) mass is 419 g/mol. The molecule has 2 N–H and O–H groups in total. The number of nitrogens with one attached hydrogen (secondary N) is 1. The number of carbonyl (C=O) groups excluding carboxylic acids is 1. The Morgan fingerprint density at radius 3 is 2.39 bits per heavy atom. The van der Waals surface area contributed by atoms with Crippen LogP contribution in [0, 0.1) is 11.8 Å². The summed E-state index contributed by atoms with van der Waals surface area (Å²) in [5, 5.41) is 15.7. The first-order valence-electron chi connectivity index (χ1n) is 11.9. The normalized spacial score (nSPS) is 28.4. The lowest BCUT2D eigenvalue weighted by atomic mass is 9.75. The number of piperidine rings is 1. The summed E-state index contributed by atoms with van der Waals surface area (Å²) in [7, 11) is 0. The minimum Gasteiger partial charge on any atom is -0.458 e. The summed E-state index contributed by atoms with van der Waals surface area (Å²) in [6.45, 7) is 3.06. The highest BCUT2D eigenvalue weighted by atomic mass is 16.6. The van der Waals surface area contributed by atoms with Crippen LogP contribution in [0.15, 0.2) is 54.6 Å². The van der Waals surface area contributed by atoms with E-state index in [0.29, 0.717) is 5.92 Å². The molecule has 164 valence electrons. The largest absolute Gasteiger partial charge is 0.458 e. The lowest BCUT2D eigenvalue weighted by Crippen LogP contribution is -2.47. The zero-order valence-corrected chi connectivity index (χ0v) is 18.3. The fraction of sp³-hybridized carbons (Fsp3) is 0.519. The molecule has 0 radical (unpaired) electrons. The van der Waals surface area contributed by atoms with Gasteiger partial charge in [0.25, 0.3) is 0 Å². The Hall–Kier alpha value is -2.17. The van der Waals surface area contributed by atoms with Gasteiger partial charge in [-0.1, -0.05) is 74.4 Å². The SMILES string of the molecule is C[C@@H](c1ccccc1)c1ccccc1C(O)(C(=O)OC1C2CCC1NC2)C1CCCC1. The summed E-state index contributed by atoms with van der Waals surface area (Å²) < 4.78 is 6.12. The smallest absolute Gasteiger partial charge is 0.343 e. The van der Waals surface area contributed by atoms with E-state index in [4.69, 9.17) is 4.74 Å². The zero-order chi connectivity index (χ0) is 21.4. The van der Waals surface area contributed by atoms with Crippen LogP contribution in [0.1, 0.15) is 68.1 Å². The fourth-order valence-electron chi connectivity index (χ4n) is 6.16. The average Bonchev–Trinajstić information content (AvgIpc) is 3.57. The van der Waals surface area contributed by atoms with Crippen molar-refractivity contribution in [2.75, 3.05) is 6.54 Å². The number of fused-ring (bicyclic) bond motifs is 2. The number of benzene rings is 2. The predicted octanol–water partition coefficient (Wildman–Crippen LogP) is 4.51. The molecule has 0 spiro atoms. The maximum atomic E-state index is 13.7. The molecule has 2 aliphatic carbocycles. The van der Waals surface area contributed by atoms with Crippen molar-refractivity contribution in [1.82, 2.24) is 5.32 Å². The van der Waals surface area contributed by atoms with Crippen molar-refractivity contribution in [2.24, 2.45) is 11.8 Å². The molecular weight excluding hydrogens is 386 g/mol. The Balaban J connectivity index is 1.53. The molecule has 4 heteroatoms. The molecule has 5 rings (SSSR count). The molecule has 2 bridgehead atoms. The molecule has 3 fully saturated rings. The van der Waals surface area contributed by atoms with Crippen molar-refractivity contribution in [2.45, 2.75) is 69.1 Å². The molecular formula is C27H33NO3. The van der Waals surface area contributed by atoms with Crippen LogP contribution in [-0.2, 0) is 15.1 Å². The summed E-state index contributed by atoms with van der Waals surface area (Å²) in [5.74, 6) is -0.100. The lowest BCUT2D eigenvalue weighted by molar-refractivity contribution is -0.180. The number of hydrogen-bond acceptors (Lipinski definition) is 4. The molecule has 1 aliphatic heterocycles. The molecule has 4 nitrogen and oxygen atoms in total. The first-order chi connectivity index (χ1) is 15.1. The zero-order valence-electron chi connectivity index (χ0n) is 18.3. The van der Waals surface area contributed by atoms with Crippen LogP contribution in [0.3, 0.4) is 0 Å². The van der Waals surface area contributed by atoms with Gasteiger partial charge in [0.05, 0.1) is 0 Å². The van der Waals surface area contributed by atoms with Gasteiger partial charge in [0.2, 0.25) is 0 Å². The van der Waals surface area contributed by atoms with Crippen LogP contribution in [0.4, 0.5) is 0 Å². The molecule has 2 aromatic rings. The second-order valence-electron chi connectivity index (χ2n) is 9.69. The van der Waals surface area contributed by atoms with Gasteiger partial charge in [0.1, 0.15) is 6.10 Å². The van der Waals surface area contributed by atoms with Crippen LogP contribution in [0.5, 0.6) is 0 Å². The molecule has 31 heavy (non-hydrogen) atoms. The maximum Gasteiger partial charge on any atom is 0.343 e. The van der Waals surface area contributed by atoms with Gasteiger partial charge in [-0.3, -0.25) is 0 Å². The number of rotatable bonds is 6. The number of ether oxygens (including phenoxy) is 1. The second-order valence-corrected chi connectivity index (χ2v) is 9.69. The first-order valence-corrected chi connectivity index (χ1v) is 11.9. The van der Waals surface area contributed by atoms with Gasteiger partial charge in [-0.15, -0.1) is 0 Å². The highest BCUT2D eigenvalue weighted by molar-refractivity contribution is 5.82. The van der Waals surface area contributed by atoms with E-state index in [1.165, 1.54) is 5.56 Å². The summed E-state index contributed by atoms with van der Waals surface area (Å²) >= 11 is 0. The second kappa shape index (κ2) is 8.40. The van der Waals surface area contributed by atoms with Crippen LogP contribution in [0.25, 0.3) is 0 Å². The van der Waals surface area contributed by atoms with Gasteiger partial charge < -0.3 is 15.2 Å². The van der Waals surface area contributed by atoms with Crippen molar-refractivity contribution < 1.29 is 14.6 Å². The van der Waals surface area contributed by atoms with Crippen LogP contribution >= 0.6 is 0 Å². The molecule has 1 saturated heterocycles. The fourth-order valence-corrected chi connectivity index (χ4v) is 6.16. The molecule has 0 aromatic heterocycles. The van der Waals surface area contributed by atoms with Gasteiger partial charge in [0.15, 0.2) is 5.60 Å². The summed E-state index contributed by atoms with van der Waals surface area (Å²) in [5.41, 5.74) is 1.31. The third kappa shape index (κ3) is 3.60. The average molecular weight is 420 g/mol. The molecule has 2 saturated carbocycles. The number of hydrogen-bond donors (Lipinski definition) is 2. The highest BCUT2D eigenvalue weighted by Gasteiger charge is 2.52. The Bertz CT molecular complexity index is 903. The lowest BCUT2D eigenvalue weighted by Gasteiger charge is -2.36. The Morgan fingerprint density at radius 2 is 1.74 bits per heavy atom. The van der Waals surface area contributed by atoms with E-state index in [-0.39, 0.29) is 24.0 Å². The van der Waals surface area contributed by atoms with E-state index < -0.39 is 11.6 Å².